The first-order valence-electron chi connectivity index (χ1n) is 5.67. The molecular formula is C15H11NO2. The Hall–Kier alpha value is -2.42. The molecule has 3 heteroatoms. The summed E-state index contributed by atoms with van der Waals surface area (Å²) in [6.07, 6.45) is 1.67. The Morgan fingerprint density at radius 1 is 0.833 bits per heavy atom. The minimum atomic E-state index is 0.645. The van der Waals surface area contributed by atoms with Crippen molar-refractivity contribution in [2.45, 2.75) is 0 Å². The lowest BCUT2D eigenvalue weighted by Gasteiger charge is -1.97. The predicted molar refractivity (Wildman–Crippen MR) is 71.2 cm³/mol. The number of hydrogen-bond donors (Lipinski definition) is 0. The quantitative estimate of drug-likeness (QED) is 0.643. The number of aldehydes is 2. The highest BCUT2D eigenvalue weighted by Crippen LogP contribution is 2.29. The summed E-state index contributed by atoms with van der Waals surface area (Å²) >= 11 is 0. The van der Waals surface area contributed by atoms with Crippen LogP contribution in [0.4, 0.5) is 0 Å². The fourth-order valence-electron chi connectivity index (χ4n) is 2.40. The van der Waals surface area contributed by atoms with Crippen LogP contribution in [0.3, 0.4) is 0 Å². The number of aromatic nitrogens is 1. The van der Waals surface area contributed by atoms with Gasteiger partial charge in [-0.3, -0.25) is 9.59 Å². The van der Waals surface area contributed by atoms with Gasteiger partial charge in [0.15, 0.2) is 0 Å². The zero-order valence-electron chi connectivity index (χ0n) is 9.88. The van der Waals surface area contributed by atoms with Crippen molar-refractivity contribution in [1.29, 1.82) is 0 Å². The van der Waals surface area contributed by atoms with E-state index in [2.05, 4.69) is 4.57 Å². The van der Waals surface area contributed by atoms with Crippen LogP contribution in [-0.4, -0.2) is 17.1 Å². The molecule has 0 unspecified atom stereocenters. The summed E-state index contributed by atoms with van der Waals surface area (Å²) in [5, 5.41) is 2.00. The van der Waals surface area contributed by atoms with E-state index in [0.29, 0.717) is 11.1 Å². The van der Waals surface area contributed by atoms with Crippen LogP contribution in [0.5, 0.6) is 0 Å². The highest BCUT2D eigenvalue weighted by atomic mass is 16.1. The molecule has 0 aliphatic rings. The fraction of sp³-hybridized carbons (Fsp3) is 0.0667. The number of rotatable bonds is 2. The molecule has 0 aliphatic heterocycles. The number of hydrogen-bond acceptors (Lipinski definition) is 2. The molecule has 1 aromatic heterocycles. The Balaban J connectivity index is 2.51. The molecule has 3 rings (SSSR count). The van der Waals surface area contributed by atoms with Crippen molar-refractivity contribution >= 4 is 34.4 Å². The number of nitrogens with zero attached hydrogens (tertiary/aromatic N) is 1. The smallest absolute Gasteiger partial charge is 0.150 e. The summed E-state index contributed by atoms with van der Waals surface area (Å²) in [6, 6.07) is 11.2. The van der Waals surface area contributed by atoms with Crippen LogP contribution in [0.15, 0.2) is 36.4 Å². The van der Waals surface area contributed by atoms with Gasteiger partial charge in [-0.05, 0) is 36.4 Å². The zero-order valence-corrected chi connectivity index (χ0v) is 9.88. The minimum absolute atomic E-state index is 0.645. The van der Waals surface area contributed by atoms with E-state index in [1.54, 1.807) is 12.1 Å². The lowest BCUT2D eigenvalue weighted by atomic mass is 10.1. The molecule has 0 atom stereocenters. The second-order valence-electron chi connectivity index (χ2n) is 4.35. The Kier molecular flexibility index (Phi) is 2.27. The molecular weight excluding hydrogens is 226 g/mol. The molecule has 88 valence electrons. The van der Waals surface area contributed by atoms with Crippen molar-refractivity contribution in [2.75, 3.05) is 0 Å². The van der Waals surface area contributed by atoms with E-state index >= 15 is 0 Å². The second kappa shape index (κ2) is 3.81. The fourth-order valence-corrected chi connectivity index (χ4v) is 2.40. The molecule has 0 amide bonds. The average molecular weight is 237 g/mol. The van der Waals surface area contributed by atoms with Gasteiger partial charge in [0.1, 0.15) is 12.6 Å². The lowest BCUT2D eigenvalue weighted by molar-refractivity contribution is 0.111. The molecule has 3 aromatic rings. The van der Waals surface area contributed by atoms with Crippen molar-refractivity contribution in [1.82, 2.24) is 4.57 Å². The van der Waals surface area contributed by atoms with Gasteiger partial charge in [-0.1, -0.05) is 0 Å². The van der Waals surface area contributed by atoms with Gasteiger partial charge in [0.25, 0.3) is 0 Å². The van der Waals surface area contributed by atoms with Crippen LogP contribution in [-0.2, 0) is 7.05 Å². The molecule has 2 aromatic carbocycles. The molecule has 0 bridgehead atoms. The maximum absolute atomic E-state index is 10.9. The molecule has 3 nitrogen and oxygen atoms in total. The van der Waals surface area contributed by atoms with Crippen LogP contribution in [0.2, 0.25) is 0 Å². The van der Waals surface area contributed by atoms with Gasteiger partial charge < -0.3 is 4.57 Å². The third kappa shape index (κ3) is 1.37. The largest absolute Gasteiger partial charge is 0.344 e. The zero-order chi connectivity index (χ0) is 12.7. The van der Waals surface area contributed by atoms with Crippen LogP contribution >= 0.6 is 0 Å². The van der Waals surface area contributed by atoms with Crippen molar-refractivity contribution in [3.63, 3.8) is 0 Å². The van der Waals surface area contributed by atoms with Crippen molar-refractivity contribution in [3.05, 3.63) is 47.5 Å². The van der Waals surface area contributed by atoms with Gasteiger partial charge in [-0.2, -0.15) is 0 Å². The first-order chi connectivity index (χ1) is 8.74. The number of fused-ring (bicyclic) bond motifs is 3. The normalized spacial score (nSPS) is 10.9. The summed E-state index contributed by atoms with van der Waals surface area (Å²) in [5.41, 5.74) is 3.40. The standard InChI is InChI=1S/C15H11NO2/c1-16-14-4-2-10(8-17)6-12(14)13-7-11(9-18)3-5-15(13)16/h2-9H,1H3. The Morgan fingerprint density at radius 2 is 1.28 bits per heavy atom. The van der Waals surface area contributed by atoms with Crippen LogP contribution in [0.25, 0.3) is 21.8 Å². The van der Waals surface area contributed by atoms with Gasteiger partial charge in [0.05, 0.1) is 0 Å². The molecule has 0 saturated heterocycles. The number of carbonyl (C=O) groups is 2. The number of aryl methyl sites for hydroxylation is 1. The molecule has 1 heterocycles. The molecule has 18 heavy (non-hydrogen) atoms. The van der Waals surface area contributed by atoms with E-state index in [-0.39, 0.29) is 0 Å². The SMILES string of the molecule is Cn1c2ccc(C=O)cc2c2cc(C=O)ccc21. The van der Waals surface area contributed by atoms with Crippen molar-refractivity contribution in [3.8, 4) is 0 Å². The summed E-state index contributed by atoms with van der Waals surface area (Å²) in [6.45, 7) is 0. The van der Waals surface area contributed by atoms with Crippen molar-refractivity contribution in [2.24, 2.45) is 7.05 Å². The topological polar surface area (TPSA) is 39.1 Å². The maximum atomic E-state index is 10.9. The first kappa shape index (κ1) is 10.7. The third-order valence-corrected chi connectivity index (χ3v) is 3.33. The number of benzene rings is 2. The second-order valence-corrected chi connectivity index (χ2v) is 4.35. The molecule has 0 N–H and O–H groups in total. The van der Waals surface area contributed by atoms with E-state index in [4.69, 9.17) is 0 Å². The van der Waals surface area contributed by atoms with Crippen LogP contribution in [0.1, 0.15) is 20.7 Å². The summed E-state index contributed by atoms with van der Waals surface area (Å²) in [7, 11) is 1.98. The Bertz CT molecular complexity index is 719. The average Bonchev–Trinajstić information content (AvgIpc) is 2.71. The predicted octanol–water partition coefficient (Wildman–Crippen LogP) is 2.96. The highest BCUT2D eigenvalue weighted by molar-refractivity contribution is 6.10. The minimum Gasteiger partial charge on any atom is -0.344 e. The van der Waals surface area contributed by atoms with Gasteiger partial charge in [-0.15, -0.1) is 0 Å². The van der Waals surface area contributed by atoms with E-state index in [9.17, 15) is 9.59 Å². The molecule has 0 radical (unpaired) electrons. The van der Waals surface area contributed by atoms with E-state index in [1.807, 2.05) is 31.3 Å². The Morgan fingerprint density at radius 3 is 1.67 bits per heavy atom. The van der Waals surface area contributed by atoms with Gasteiger partial charge in [0, 0.05) is 40.0 Å². The lowest BCUT2D eigenvalue weighted by Crippen LogP contribution is -1.87. The van der Waals surface area contributed by atoms with Crippen molar-refractivity contribution < 1.29 is 9.59 Å². The molecule has 0 fully saturated rings. The monoisotopic (exact) mass is 237 g/mol. The maximum Gasteiger partial charge on any atom is 0.150 e. The van der Waals surface area contributed by atoms with Crippen LogP contribution < -0.4 is 0 Å². The van der Waals surface area contributed by atoms with E-state index in [0.717, 1.165) is 34.4 Å². The van der Waals surface area contributed by atoms with E-state index in [1.165, 1.54) is 0 Å². The summed E-state index contributed by atoms with van der Waals surface area (Å²) in [5.74, 6) is 0. The molecule has 0 saturated carbocycles. The van der Waals surface area contributed by atoms with Crippen LogP contribution in [0, 0.1) is 0 Å². The van der Waals surface area contributed by atoms with Gasteiger partial charge >= 0.3 is 0 Å². The summed E-state index contributed by atoms with van der Waals surface area (Å²) in [4.78, 5) is 21.7. The van der Waals surface area contributed by atoms with Gasteiger partial charge in [0.2, 0.25) is 0 Å². The number of carbonyl (C=O) groups excluding carboxylic acids is 2. The van der Waals surface area contributed by atoms with E-state index < -0.39 is 0 Å². The third-order valence-electron chi connectivity index (χ3n) is 3.33. The Labute approximate surface area is 104 Å². The first-order valence-corrected chi connectivity index (χ1v) is 5.67. The highest BCUT2D eigenvalue weighted by Gasteiger charge is 2.09. The summed E-state index contributed by atoms with van der Waals surface area (Å²) < 4.78 is 2.06. The molecule has 0 spiro atoms. The molecule has 0 aliphatic carbocycles. The van der Waals surface area contributed by atoms with Gasteiger partial charge in [-0.25, -0.2) is 0 Å².